The minimum absolute atomic E-state index is 0.00762. The molecule has 0 saturated heterocycles. The third-order valence-electron chi connectivity index (χ3n) is 6.28. The van der Waals surface area contributed by atoms with E-state index in [-0.39, 0.29) is 5.75 Å². The maximum atomic E-state index is 14.6. The standard InChI is InChI=1S/C27H27F3O/c1-18-3-7-20(8-4-18)21-9-11-22(12-10-21)23-13-16-25(26(28)17-23)27(29,30)31-24-14-5-19(2)6-15-24/h5-6,9-18,20H,3-4,7-8H2,1-2H3. The Morgan fingerprint density at radius 1 is 0.806 bits per heavy atom. The van der Waals surface area contributed by atoms with E-state index in [2.05, 4.69) is 19.1 Å². The highest BCUT2D eigenvalue weighted by molar-refractivity contribution is 5.64. The highest BCUT2D eigenvalue weighted by Gasteiger charge is 2.37. The van der Waals surface area contributed by atoms with Crippen LogP contribution in [0.15, 0.2) is 66.7 Å². The van der Waals surface area contributed by atoms with Crippen LogP contribution < -0.4 is 4.74 Å². The molecule has 4 rings (SSSR count). The fourth-order valence-electron chi connectivity index (χ4n) is 4.28. The van der Waals surface area contributed by atoms with Gasteiger partial charge in [-0.05, 0) is 72.6 Å². The minimum atomic E-state index is -3.76. The lowest BCUT2D eigenvalue weighted by Crippen LogP contribution is -2.23. The lowest BCUT2D eigenvalue weighted by atomic mass is 9.79. The number of benzene rings is 3. The SMILES string of the molecule is Cc1ccc(OC(F)(F)c2ccc(-c3ccc(C4CCC(C)CC4)cc3)cc2F)cc1. The lowest BCUT2D eigenvalue weighted by molar-refractivity contribution is -0.187. The van der Waals surface area contributed by atoms with Crippen molar-refractivity contribution in [2.75, 3.05) is 0 Å². The van der Waals surface area contributed by atoms with Crippen molar-refractivity contribution >= 4 is 0 Å². The number of ether oxygens (including phenoxy) is 1. The van der Waals surface area contributed by atoms with Gasteiger partial charge in [0, 0.05) is 0 Å². The smallest absolute Gasteiger partial charge is 0.429 e. The molecule has 1 fully saturated rings. The summed E-state index contributed by atoms with van der Waals surface area (Å²) in [5.41, 5.74) is 2.82. The van der Waals surface area contributed by atoms with Gasteiger partial charge in [0.25, 0.3) is 0 Å². The predicted molar refractivity (Wildman–Crippen MR) is 118 cm³/mol. The molecule has 0 N–H and O–H groups in total. The summed E-state index contributed by atoms with van der Waals surface area (Å²) < 4.78 is 48.6. The van der Waals surface area contributed by atoms with Crippen molar-refractivity contribution in [1.82, 2.24) is 0 Å². The van der Waals surface area contributed by atoms with Gasteiger partial charge < -0.3 is 4.74 Å². The second-order valence-electron chi connectivity index (χ2n) is 8.71. The Labute approximate surface area is 181 Å². The molecule has 1 aliphatic carbocycles. The highest BCUT2D eigenvalue weighted by atomic mass is 19.3. The maximum absolute atomic E-state index is 14.6. The summed E-state index contributed by atoms with van der Waals surface area (Å²) in [4.78, 5) is 0. The molecule has 1 saturated carbocycles. The molecular weight excluding hydrogens is 397 g/mol. The van der Waals surface area contributed by atoms with Gasteiger partial charge in [-0.1, -0.05) is 67.8 Å². The molecule has 3 aromatic carbocycles. The first kappa shape index (κ1) is 21.5. The molecule has 4 heteroatoms. The highest BCUT2D eigenvalue weighted by Crippen LogP contribution is 2.37. The predicted octanol–water partition coefficient (Wildman–Crippen LogP) is 8.22. The fraction of sp³-hybridized carbons (Fsp3) is 0.333. The van der Waals surface area contributed by atoms with E-state index in [1.54, 1.807) is 12.1 Å². The molecule has 3 aromatic rings. The van der Waals surface area contributed by atoms with E-state index in [1.807, 2.05) is 19.1 Å². The van der Waals surface area contributed by atoms with Crippen molar-refractivity contribution in [3.05, 3.63) is 89.2 Å². The lowest BCUT2D eigenvalue weighted by Gasteiger charge is -2.26. The van der Waals surface area contributed by atoms with E-state index in [0.717, 1.165) is 29.2 Å². The molecule has 0 spiro atoms. The number of alkyl halides is 2. The van der Waals surface area contributed by atoms with Crippen molar-refractivity contribution in [2.24, 2.45) is 5.92 Å². The van der Waals surface area contributed by atoms with E-state index in [4.69, 9.17) is 4.74 Å². The van der Waals surface area contributed by atoms with Crippen LogP contribution in [0, 0.1) is 18.7 Å². The minimum Gasteiger partial charge on any atom is -0.429 e. The first-order valence-corrected chi connectivity index (χ1v) is 10.9. The summed E-state index contributed by atoms with van der Waals surface area (Å²) in [6, 6.07) is 18.1. The van der Waals surface area contributed by atoms with Crippen LogP contribution in [0.3, 0.4) is 0 Å². The quantitative estimate of drug-likeness (QED) is 0.401. The largest absolute Gasteiger partial charge is 0.429 e. The van der Waals surface area contributed by atoms with E-state index in [9.17, 15) is 13.2 Å². The Bertz CT molecular complexity index is 1020. The van der Waals surface area contributed by atoms with Gasteiger partial charge in [-0.15, -0.1) is 0 Å². The number of hydrogen-bond donors (Lipinski definition) is 0. The molecule has 0 bridgehead atoms. The molecule has 1 nitrogen and oxygen atoms in total. The Morgan fingerprint density at radius 3 is 2.03 bits per heavy atom. The topological polar surface area (TPSA) is 9.23 Å². The van der Waals surface area contributed by atoms with Crippen molar-refractivity contribution in [1.29, 1.82) is 0 Å². The summed E-state index contributed by atoms with van der Waals surface area (Å²) >= 11 is 0. The average molecular weight is 425 g/mol. The van der Waals surface area contributed by atoms with E-state index < -0.39 is 17.5 Å². The molecule has 0 radical (unpaired) electrons. The third kappa shape index (κ3) is 4.95. The van der Waals surface area contributed by atoms with Gasteiger partial charge in [0.2, 0.25) is 0 Å². The molecule has 0 atom stereocenters. The van der Waals surface area contributed by atoms with Gasteiger partial charge in [-0.2, -0.15) is 8.78 Å². The summed E-state index contributed by atoms with van der Waals surface area (Å²) in [6.07, 6.45) is 1.12. The molecule has 1 aliphatic rings. The van der Waals surface area contributed by atoms with Crippen LogP contribution in [0.2, 0.25) is 0 Å². The van der Waals surface area contributed by atoms with Gasteiger partial charge >= 0.3 is 6.11 Å². The second kappa shape index (κ2) is 8.78. The van der Waals surface area contributed by atoms with Crippen LogP contribution in [0.25, 0.3) is 11.1 Å². The van der Waals surface area contributed by atoms with Gasteiger partial charge in [-0.25, -0.2) is 4.39 Å². The zero-order chi connectivity index (χ0) is 22.0. The molecule has 162 valence electrons. The van der Waals surface area contributed by atoms with Crippen molar-refractivity contribution < 1.29 is 17.9 Å². The van der Waals surface area contributed by atoms with Crippen LogP contribution in [0.5, 0.6) is 5.75 Å². The molecule has 0 aromatic heterocycles. The molecule has 0 unspecified atom stereocenters. The second-order valence-corrected chi connectivity index (χ2v) is 8.71. The molecular formula is C27H27F3O. The summed E-state index contributed by atoms with van der Waals surface area (Å²) in [5.74, 6) is 0.374. The Morgan fingerprint density at radius 2 is 1.42 bits per heavy atom. The van der Waals surface area contributed by atoms with Gasteiger partial charge in [0.15, 0.2) is 0 Å². The average Bonchev–Trinajstić information content (AvgIpc) is 2.76. The van der Waals surface area contributed by atoms with Gasteiger partial charge in [0.1, 0.15) is 11.6 Å². The maximum Gasteiger partial charge on any atom is 0.429 e. The van der Waals surface area contributed by atoms with E-state index in [0.29, 0.717) is 11.5 Å². The number of halogens is 3. The summed E-state index contributed by atoms with van der Waals surface area (Å²) in [6.45, 7) is 4.15. The molecule has 0 heterocycles. The van der Waals surface area contributed by atoms with Gasteiger partial charge in [-0.3, -0.25) is 0 Å². The molecule has 0 amide bonds. The third-order valence-corrected chi connectivity index (χ3v) is 6.28. The van der Waals surface area contributed by atoms with E-state index in [1.165, 1.54) is 49.4 Å². The van der Waals surface area contributed by atoms with Crippen LogP contribution in [0.1, 0.15) is 55.2 Å². The molecule has 31 heavy (non-hydrogen) atoms. The Kier molecular flexibility index (Phi) is 6.08. The molecule has 0 aliphatic heterocycles. The first-order valence-electron chi connectivity index (χ1n) is 10.9. The normalized spacial score (nSPS) is 19.3. The summed E-state index contributed by atoms with van der Waals surface area (Å²) in [7, 11) is 0. The number of hydrogen-bond acceptors (Lipinski definition) is 1. The van der Waals surface area contributed by atoms with Crippen LogP contribution >= 0.6 is 0 Å². The zero-order valence-corrected chi connectivity index (χ0v) is 17.9. The van der Waals surface area contributed by atoms with E-state index >= 15 is 0 Å². The summed E-state index contributed by atoms with van der Waals surface area (Å²) in [5, 5.41) is 0. The first-order chi connectivity index (χ1) is 14.8. The Hall–Kier alpha value is -2.75. The van der Waals surface area contributed by atoms with Crippen molar-refractivity contribution in [2.45, 2.75) is 51.6 Å². The van der Waals surface area contributed by atoms with Crippen molar-refractivity contribution in [3.63, 3.8) is 0 Å². The number of aryl methyl sites for hydroxylation is 1. The monoisotopic (exact) mass is 424 g/mol. The fourth-order valence-corrected chi connectivity index (χ4v) is 4.28. The Balaban J connectivity index is 1.51. The van der Waals surface area contributed by atoms with Crippen molar-refractivity contribution in [3.8, 4) is 16.9 Å². The van der Waals surface area contributed by atoms with Crippen LogP contribution in [-0.4, -0.2) is 0 Å². The van der Waals surface area contributed by atoms with Crippen LogP contribution in [-0.2, 0) is 6.11 Å². The van der Waals surface area contributed by atoms with Gasteiger partial charge in [0.05, 0.1) is 5.56 Å². The number of rotatable bonds is 5. The zero-order valence-electron chi connectivity index (χ0n) is 17.9. The van der Waals surface area contributed by atoms with Crippen LogP contribution in [0.4, 0.5) is 13.2 Å².